The molecule has 1 unspecified atom stereocenters. The van der Waals surface area contributed by atoms with Crippen molar-refractivity contribution in [3.8, 4) is 0 Å². The first-order chi connectivity index (χ1) is 10.6. The monoisotopic (exact) mass is 323 g/mol. The maximum atomic E-state index is 11.8. The first-order valence-corrected chi connectivity index (χ1v) is 9.06. The van der Waals surface area contributed by atoms with Gasteiger partial charge in [-0.25, -0.2) is 0 Å². The average molecular weight is 323 g/mol. The number of carbonyl (C=O) groups is 1. The van der Waals surface area contributed by atoms with Crippen LogP contribution in [0, 0.1) is 5.92 Å². The highest BCUT2D eigenvalue weighted by molar-refractivity contribution is 8.00. The normalized spacial score (nSPS) is 21.0. The molecule has 1 saturated carbocycles. The van der Waals surface area contributed by atoms with Crippen LogP contribution < -0.4 is 10.2 Å². The van der Waals surface area contributed by atoms with Gasteiger partial charge in [0.25, 0.3) is 0 Å². The van der Waals surface area contributed by atoms with Gasteiger partial charge in [-0.15, -0.1) is 10.2 Å². The molecule has 22 heavy (non-hydrogen) atoms. The molecule has 0 radical (unpaired) electrons. The van der Waals surface area contributed by atoms with Gasteiger partial charge in [0, 0.05) is 26.2 Å². The van der Waals surface area contributed by atoms with E-state index < -0.39 is 0 Å². The minimum atomic E-state index is -0.152. The lowest BCUT2D eigenvalue weighted by Crippen LogP contribution is -2.34. The number of amides is 1. The van der Waals surface area contributed by atoms with Crippen molar-refractivity contribution < 1.29 is 4.79 Å². The van der Waals surface area contributed by atoms with Crippen molar-refractivity contribution in [3.05, 3.63) is 0 Å². The van der Waals surface area contributed by atoms with Gasteiger partial charge in [-0.2, -0.15) is 0 Å². The maximum Gasteiger partial charge on any atom is 0.233 e. The first kappa shape index (κ1) is 15.6. The molecule has 3 rings (SSSR count). The Morgan fingerprint density at radius 1 is 1.27 bits per heavy atom. The number of carbonyl (C=O) groups excluding carboxylic acids is 1. The number of rotatable bonds is 5. The molecule has 1 saturated heterocycles. The number of hydrogen-bond acceptors (Lipinski definition) is 5. The van der Waals surface area contributed by atoms with Gasteiger partial charge in [0.05, 0.1) is 5.25 Å². The van der Waals surface area contributed by atoms with Crippen LogP contribution in [-0.2, 0) is 4.79 Å². The van der Waals surface area contributed by atoms with Crippen LogP contribution in [0.1, 0.15) is 45.6 Å². The largest absolute Gasteiger partial charge is 0.358 e. The molecular formula is C15H25N5OS. The van der Waals surface area contributed by atoms with E-state index in [0.29, 0.717) is 6.04 Å². The van der Waals surface area contributed by atoms with Gasteiger partial charge in [-0.05, 0) is 38.5 Å². The van der Waals surface area contributed by atoms with E-state index in [1.54, 1.807) is 7.05 Å². The van der Waals surface area contributed by atoms with Gasteiger partial charge < -0.3 is 10.2 Å². The lowest BCUT2D eigenvalue weighted by molar-refractivity contribution is -0.119. The molecule has 1 aliphatic heterocycles. The number of aromatic nitrogens is 3. The van der Waals surface area contributed by atoms with Crippen LogP contribution in [0.3, 0.4) is 0 Å². The molecule has 1 atom stereocenters. The summed E-state index contributed by atoms with van der Waals surface area (Å²) in [6, 6.07) is 0.517. The van der Waals surface area contributed by atoms with E-state index in [1.807, 2.05) is 6.92 Å². The fraction of sp³-hybridized carbons (Fsp3) is 0.800. The summed E-state index contributed by atoms with van der Waals surface area (Å²) in [5, 5.41) is 12.3. The van der Waals surface area contributed by atoms with Crippen molar-refractivity contribution in [1.29, 1.82) is 0 Å². The molecule has 6 nitrogen and oxygen atoms in total. The molecule has 1 aromatic rings. The third kappa shape index (κ3) is 3.24. The molecule has 0 aromatic carbocycles. The van der Waals surface area contributed by atoms with Gasteiger partial charge in [0.15, 0.2) is 5.16 Å². The molecule has 1 amide bonds. The van der Waals surface area contributed by atoms with E-state index in [4.69, 9.17) is 0 Å². The minimum Gasteiger partial charge on any atom is -0.358 e. The Bertz CT molecular complexity index is 534. The number of hydrogen-bond donors (Lipinski definition) is 1. The zero-order valence-corrected chi connectivity index (χ0v) is 14.4. The van der Waals surface area contributed by atoms with Crippen LogP contribution in [0.15, 0.2) is 5.16 Å². The highest BCUT2D eigenvalue weighted by Crippen LogP contribution is 2.42. The maximum absolute atomic E-state index is 11.8. The molecule has 7 heteroatoms. The average Bonchev–Trinajstić information content (AvgIpc) is 3.28. The Balaban J connectivity index is 1.78. The zero-order chi connectivity index (χ0) is 15.7. The van der Waals surface area contributed by atoms with Crippen LogP contribution in [-0.4, -0.2) is 46.1 Å². The van der Waals surface area contributed by atoms with Gasteiger partial charge in [-0.1, -0.05) is 18.7 Å². The summed E-state index contributed by atoms with van der Waals surface area (Å²) in [7, 11) is 1.67. The fourth-order valence-electron chi connectivity index (χ4n) is 2.84. The number of thioether (sulfide) groups is 1. The molecule has 2 aliphatic rings. The van der Waals surface area contributed by atoms with Crippen LogP contribution >= 0.6 is 11.8 Å². The van der Waals surface area contributed by atoms with E-state index in [1.165, 1.54) is 37.4 Å². The lowest BCUT2D eigenvalue weighted by Gasteiger charge is -2.31. The minimum absolute atomic E-state index is 0.0312. The quantitative estimate of drug-likeness (QED) is 0.841. The van der Waals surface area contributed by atoms with Gasteiger partial charge in [-0.3, -0.25) is 9.36 Å². The number of anilines is 1. The van der Waals surface area contributed by atoms with Crippen molar-refractivity contribution in [2.75, 3.05) is 25.0 Å². The Hall–Kier alpha value is -1.24. The smallest absolute Gasteiger partial charge is 0.233 e. The van der Waals surface area contributed by atoms with E-state index in [9.17, 15) is 4.79 Å². The van der Waals surface area contributed by atoms with E-state index in [-0.39, 0.29) is 11.2 Å². The third-order valence-electron chi connectivity index (χ3n) is 4.52. The summed E-state index contributed by atoms with van der Waals surface area (Å²) in [6.07, 6.45) is 4.82. The Kier molecular flexibility index (Phi) is 4.61. The summed E-state index contributed by atoms with van der Waals surface area (Å²) in [4.78, 5) is 14.1. The first-order valence-electron chi connectivity index (χ1n) is 8.18. The fourth-order valence-corrected chi connectivity index (χ4v) is 3.81. The molecule has 1 N–H and O–H groups in total. The van der Waals surface area contributed by atoms with Gasteiger partial charge >= 0.3 is 0 Å². The van der Waals surface area contributed by atoms with Gasteiger partial charge in [0.2, 0.25) is 11.9 Å². The molecule has 0 spiro atoms. The number of nitrogens with zero attached hydrogens (tertiary/aromatic N) is 4. The van der Waals surface area contributed by atoms with Crippen LogP contribution in [0.2, 0.25) is 0 Å². The molecule has 1 aliphatic carbocycles. The standard InChI is InChI=1S/C15H25N5OS/c1-10-6-8-19(9-7-10)14-17-18-15(20(14)12-4-5-12)22-11(2)13(21)16-3/h10-12H,4-9H2,1-3H3,(H,16,21). The summed E-state index contributed by atoms with van der Waals surface area (Å²) < 4.78 is 2.26. The van der Waals surface area contributed by atoms with Crippen molar-refractivity contribution in [2.24, 2.45) is 5.92 Å². The molecule has 1 aromatic heterocycles. The molecule has 0 bridgehead atoms. The van der Waals surface area contributed by atoms with E-state index in [0.717, 1.165) is 30.1 Å². The second-order valence-corrected chi connectivity index (χ2v) is 7.74. The van der Waals surface area contributed by atoms with Gasteiger partial charge in [0.1, 0.15) is 0 Å². The molecular weight excluding hydrogens is 298 g/mol. The summed E-state index contributed by atoms with van der Waals surface area (Å²) in [5.74, 6) is 1.83. The predicted molar refractivity (Wildman–Crippen MR) is 88.3 cm³/mol. The van der Waals surface area contributed by atoms with Crippen molar-refractivity contribution in [2.45, 2.75) is 56.0 Å². The van der Waals surface area contributed by atoms with Crippen LogP contribution in [0.4, 0.5) is 5.95 Å². The molecule has 2 heterocycles. The highest BCUT2D eigenvalue weighted by Gasteiger charge is 2.33. The van der Waals surface area contributed by atoms with Crippen molar-refractivity contribution in [1.82, 2.24) is 20.1 Å². The van der Waals surface area contributed by atoms with Crippen molar-refractivity contribution in [3.63, 3.8) is 0 Å². The zero-order valence-electron chi connectivity index (χ0n) is 13.6. The number of piperidine rings is 1. The molecule has 2 fully saturated rings. The van der Waals surface area contributed by atoms with Crippen LogP contribution in [0.5, 0.6) is 0 Å². The highest BCUT2D eigenvalue weighted by atomic mass is 32.2. The Morgan fingerprint density at radius 2 is 1.95 bits per heavy atom. The van der Waals surface area contributed by atoms with Crippen LogP contribution in [0.25, 0.3) is 0 Å². The second-order valence-electron chi connectivity index (χ2n) is 6.43. The number of nitrogens with one attached hydrogen (secondary N) is 1. The van der Waals surface area contributed by atoms with Crippen molar-refractivity contribution >= 4 is 23.6 Å². The summed E-state index contributed by atoms with van der Waals surface area (Å²) in [6.45, 7) is 6.34. The third-order valence-corrected chi connectivity index (χ3v) is 5.58. The SMILES string of the molecule is CNC(=O)C(C)Sc1nnc(N2CCC(C)CC2)n1C1CC1. The summed E-state index contributed by atoms with van der Waals surface area (Å²) in [5.41, 5.74) is 0. The summed E-state index contributed by atoms with van der Waals surface area (Å²) >= 11 is 1.51. The lowest BCUT2D eigenvalue weighted by atomic mass is 10.00. The predicted octanol–water partition coefficient (Wildman–Crippen LogP) is 2.08. The Morgan fingerprint density at radius 3 is 2.55 bits per heavy atom. The topological polar surface area (TPSA) is 63.1 Å². The second kappa shape index (κ2) is 6.48. The van der Waals surface area contributed by atoms with E-state index in [2.05, 4.69) is 31.9 Å². The van der Waals surface area contributed by atoms with E-state index >= 15 is 0 Å². The molecule has 122 valence electrons. The Labute approximate surface area is 136 Å².